The molecule has 0 saturated heterocycles. The van der Waals surface area contributed by atoms with E-state index in [2.05, 4.69) is 4.98 Å². The van der Waals surface area contributed by atoms with Crippen molar-refractivity contribution in [1.82, 2.24) is 4.98 Å². The highest BCUT2D eigenvalue weighted by Gasteiger charge is 2.23. The SMILES string of the molecule is CCOC(=O)c1c(N)sc(C)c1-c1nccs1. The molecule has 90 valence electrons. The van der Waals surface area contributed by atoms with Crippen LogP contribution in [0.25, 0.3) is 10.6 Å². The second-order valence-electron chi connectivity index (χ2n) is 3.33. The third-order valence-electron chi connectivity index (χ3n) is 2.24. The van der Waals surface area contributed by atoms with E-state index in [4.69, 9.17) is 10.5 Å². The van der Waals surface area contributed by atoms with Crippen molar-refractivity contribution in [2.24, 2.45) is 0 Å². The Labute approximate surface area is 107 Å². The van der Waals surface area contributed by atoms with Crippen LogP contribution in [0, 0.1) is 6.92 Å². The highest BCUT2D eigenvalue weighted by molar-refractivity contribution is 7.18. The number of thiazole rings is 1. The van der Waals surface area contributed by atoms with Gasteiger partial charge in [0.05, 0.1) is 6.61 Å². The molecule has 2 aromatic heterocycles. The number of nitrogen functional groups attached to an aromatic ring is 1. The van der Waals surface area contributed by atoms with Crippen molar-refractivity contribution in [2.75, 3.05) is 12.3 Å². The molecule has 6 heteroatoms. The fraction of sp³-hybridized carbons (Fsp3) is 0.273. The number of carbonyl (C=O) groups is 1. The lowest BCUT2D eigenvalue weighted by Gasteiger charge is -2.03. The summed E-state index contributed by atoms with van der Waals surface area (Å²) < 4.78 is 5.03. The maximum atomic E-state index is 11.9. The van der Waals surface area contributed by atoms with Gasteiger partial charge in [-0.25, -0.2) is 9.78 Å². The Kier molecular flexibility index (Phi) is 3.44. The summed E-state index contributed by atoms with van der Waals surface area (Å²) in [6.45, 7) is 4.04. The van der Waals surface area contributed by atoms with Gasteiger partial charge in [-0.3, -0.25) is 0 Å². The zero-order valence-corrected chi connectivity index (χ0v) is 11.2. The van der Waals surface area contributed by atoms with E-state index in [1.54, 1.807) is 13.1 Å². The number of hydrogen-bond acceptors (Lipinski definition) is 6. The molecule has 2 aromatic rings. The minimum absolute atomic E-state index is 0.338. The maximum absolute atomic E-state index is 11.9. The topological polar surface area (TPSA) is 65.2 Å². The van der Waals surface area contributed by atoms with Crippen LogP contribution in [0.15, 0.2) is 11.6 Å². The number of aryl methyl sites for hydroxylation is 1. The fourth-order valence-electron chi connectivity index (χ4n) is 1.58. The number of aromatic nitrogens is 1. The van der Waals surface area contributed by atoms with Gasteiger partial charge in [-0.1, -0.05) is 0 Å². The van der Waals surface area contributed by atoms with E-state index in [9.17, 15) is 4.79 Å². The lowest BCUT2D eigenvalue weighted by Crippen LogP contribution is -2.07. The Balaban J connectivity index is 2.55. The van der Waals surface area contributed by atoms with Crippen LogP contribution >= 0.6 is 22.7 Å². The molecule has 0 radical (unpaired) electrons. The van der Waals surface area contributed by atoms with Gasteiger partial charge in [-0.15, -0.1) is 22.7 Å². The second-order valence-corrected chi connectivity index (χ2v) is 5.48. The largest absolute Gasteiger partial charge is 0.462 e. The first kappa shape index (κ1) is 12.1. The molecular weight excluding hydrogens is 256 g/mol. The van der Waals surface area contributed by atoms with Gasteiger partial charge in [0.1, 0.15) is 15.6 Å². The molecule has 0 bridgehead atoms. The number of esters is 1. The molecule has 0 saturated carbocycles. The predicted octanol–water partition coefficient (Wildman–Crippen LogP) is 2.94. The van der Waals surface area contributed by atoms with Gasteiger partial charge < -0.3 is 10.5 Å². The summed E-state index contributed by atoms with van der Waals surface area (Å²) in [6.07, 6.45) is 1.71. The number of nitrogens with two attached hydrogens (primary N) is 1. The molecule has 0 aliphatic carbocycles. The summed E-state index contributed by atoms with van der Waals surface area (Å²) >= 11 is 2.88. The van der Waals surface area contributed by atoms with Gasteiger partial charge in [-0.2, -0.15) is 0 Å². The number of ether oxygens (including phenoxy) is 1. The Hall–Kier alpha value is -1.40. The first-order valence-corrected chi connectivity index (χ1v) is 6.80. The Bertz CT molecular complexity index is 532. The van der Waals surface area contributed by atoms with Crippen molar-refractivity contribution in [2.45, 2.75) is 13.8 Å². The van der Waals surface area contributed by atoms with E-state index in [1.807, 2.05) is 12.3 Å². The van der Waals surface area contributed by atoms with Gasteiger partial charge in [0.15, 0.2) is 0 Å². The van der Waals surface area contributed by atoms with Crippen molar-refractivity contribution in [1.29, 1.82) is 0 Å². The third kappa shape index (κ3) is 2.18. The molecule has 4 nitrogen and oxygen atoms in total. The Morgan fingerprint density at radius 3 is 2.94 bits per heavy atom. The van der Waals surface area contributed by atoms with Crippen LogP contribution in [0.5, 0.6) is 0 Å². The standard InChI is InChI=1S/C11H12N2O2S2/c1-3-15-11(14)8-7(6(2)17-9(8)12)10-13-4-5-16-10/h4-5H,3,12H2,1-2H3. The number of nitrogens with zero attached hydrogens (tertiary/aromatic N) is 1. The first-order valence-electron chi connectivity index (χ1n) is 5.11. The molecule has 0 unspecified atom stereocenters. The molecule has 0 fully saturated rings. The summed E-state index contributed by atoms with van der Waals surface area (Å²) in [7, 11) is 0. The summed E-state index contributed by atoms with van der Waals surface area (Å²) in [4.78, 5) is 17.1. The number of anilines is 1. The van der Waals surface area contributed by atoms with E-state index in [0.29, 0.717) is 17.2 Å². The van der Waals surface area contributed by atoms with Crippen LogP contribution in [0.1, 0.15) is 22.2 Å². The minimum Gasteiger partial charge on any atom is -0.462 e. The van der Waals surface area contributed by atoms with Gasteiger partial charge in [0.25, 0.3) is 0 Å². The van der Waals surface area contributed by atoms with Crippen LogP contribution < -0.4 is 5.73 Å². The summed E-state index contributed by atoms with van der Waals surface area (Å²) in [6, 6.07) is 0. The first-order chi connectivity index (χ1) is 8.15. The molecule has 0 atom stereocenters. The average molecular weight is 268 g/mol. The molecule has 0 aliphatic heterocycles. The molecular formula is C11H12N2O2S2. The van der Waals surface area contributed by atoms with Crippen molar-refractivity contribution in [3.8, 4) is 10.6 Å². The number of hydrogen-bond donors (Lipinski definition) is 1. The van der Waals surface area contributed by atoms with Crippen molar-refractivity contribution in [3.63, 3.8) is 0 Å². The van der Waals surface area contributed by atoms with Gasteiger partial charge >= 0.3 is 5.97 Å². The summed E-state index contributed by atoms with van der Waals surface area (Å²) in [5.74, 6) is -0.375. The normalized spacial score (nSPS) is 10.5. The smallest absolute Gasteiger partial charge is 0.341 e. The van der Waals surface area contributed by atoms with E-state index in [-0.39, 0.29) is 5.97 Å². The average Bonchev–Trinajstić information content (AvgIpc) is 2.85. The Morgan fingerprint density at radius 2 is 2.35 bits per heavy atom. The quantitative estimate of drug-likeness (QED) is 0.869. The zero-order valence-electron chi connectivity index (χ0n) is 9.52. The molecule has 0 amide bonds. The Morgan fingerprint density at radius 1 is 1.59 bits per heavy atom. The highest BCUT2D eigenvalue weighted by atomic mass is 32.1. The predicted molar refractivity (Wildman–Crippen MR) is 70.5 cm³/mol. The molecule has 17 heavy (non-hydrogen) atoms. The van der Waals surface area contributed by atoms with E-state index in [1.165, 1.54) is 22.7 Å². The molecule has 0 aliphatic rings. The van der Waals surface area contributed by atoms with Crippen LogP contribution in [0.4, 0.5) is 5.00 Å². The van der Waals surface area contributed by atoms with Gasteiger partial charge in [-0.05, 0) is 13.8 Å². The number of carbonyl (C=O) groups excluding carboxylic acids is 1. The highest BCUT2D eigenvalue weighted by Crippen LogP contribution is 2.39. The monoisotopic (exact) mass is 268 g/mol. The lowest BCUT2D eigenvalue weighted by atomic mass is 10.1. The summed E-state index contributed by atoms with van der Waals surface area (Å²) in [5, 5.41) is 3.17. The molecule has 2 heterocycles. The fourth-order valence-corrected chi connectivity index (χ4v) is 3.30. The van der Waals surface area contributed by atoms with E-state index < -0.39 is 0 Å². The lowest BCUT2D eigenvalue weighted by molar-refractivity contribution is 0.0529. The molecule has 0 spiro atoms. The number of thiophene rings is 1. The molecule has 0 aromatic carbocycles. The zero-order chi connectivity index (χ0) is 12.4. The maximum Gasteiger partial charge on any atom is 0.341 e. The van der Waals surface area contributed by atoms with Crippen LogP contribution in [0.3, 0.4) is 0 Å². The molecule has 2 rings (SSSR count). The van der Waals surface area contributed by atoms with Crippen molar-refractivity contribution in [3.05, 3.63) is 22.0 Å². The number of rotatable bonds is 3. The van der Waals surface area contributed by atoms with E-state index >= 15 is 0 Å². The third-order valence-corrected chi connectivity index (χ3v) is 3.96. The summed E-state index contributed by atoms with van der Waals surface area (Å²) in [5.41, 5.74) is 7.13. The van der Waals surface area contributed by atoms with Crippen molar-refractivity contribution >= 4 is 33.6 Å². The van der Waals surface area contributed by atoms with Crippen LogP contribution in [-0.2, 0) is 4.74 Å². The second kappa shape index (κ2) is 4.85. The van der Waals surface area contributed by atoms with Crippen molar-refractivity contribution < 1.29 is 9.53 Å². The minimum atomic E-state index is -0.375. The van der Waals surface area contributed by atoms with Gasteiger partial charge in [0, 0.05) is 22.0 Å². The van der Waals surface area contributed by atoms with Crippen LogP contribution in [0.2, 0.25) is 0 Å². The van der Waals surface area contributed by atoms with Crippen LogP contribution in [-0.4, -0.2) is 17.6 Å². The van der Waals surface area contributed by atoms with E-state index in [0.717, 1.165) is 15.4 Å². The molecule has 2 N–H and O–H groups in total. The van der Waals surface area contributed by atoms with Gasteiger partial charge in [0.2, 0.25) is 0 Å².